The third-order valence-electron chi connectivity index (χ3n) is 3.19. The Labute approximate surface area is 142 Å². The van der Waals surface area contributed by atoms with Gasteiger partial charge in [0.1, 0.15) is 5.56 Å². The van der Waals surface area contributed by atoms with Gasteiger partial charge in [-0.1, -0.05) is 13.0 Å². The van der Waals surface area contributed by atoms with Crippen LogP contribution < -0.4 is 5.56 Å². The first-order valence-corrected chi connectivity index (χ1v) is 7.77. The van der Waals surface area contributed by atoms with Gasteiger partial charge in [0.2, 0.25) is 0 Å². The molecule has 0 radical (unpaired) electrons. The Hall–Kier alpha value is -1.90. The maximum absolute atomic E-state index is 12.7. The van der Waals surface area contributed by atoms with Crippen LogP contribution in [0.2, 0.25) is 0 Å². The van der Waals surface area contributed by atoms with E-state index in [1.54, 1.807) is 6.92 Å². The fraction of sp³-hybridized carbons (Fsp3) is 0.533. The predicted octanol–water partition coefficient (Wildman–Crippen LogP) is 3.60. The summed E-state index contributed by atoms with van der Waals surface area (Å²) in [7, 11) is 0. The number of nitrogens with zero attached hydrogens (tertiary/aromatic N) is 1. The van der Waals surface area contributed by atoms with Crippen LogP contribution in [-0.4, -0.2) is 22.1 Å². The maximum atomic E-state index is 12.7. The zero-order valence-corrected chi connectivity index (χ0v) is 14.1. The molecule has 0 aliphatic rings. The maximum Gasteiger partial charge on any atom is 0.423 e. The first-order chi connectivity index (χ1) is 11.1. The molecule has 9 heteroatoms. The molecule has 134 valence electrons. The number of carbonyl (C=O) groups is 1. The average Bonchev–Trinajstić information content (AvgIpc) is 2.46. The molecule has 0 fully saturated rings. The number of esters is 1. The predicted molar refractivity (Wildman–Crippen MR) is 85.1 cm³/mol. The van der Waals surface area contributed by atoms with E-state index in [1.807, 2.05) is 4.98 Å². The van der Waals surface area contributed by atoms with Gasteiger partial charge >= 0.3 is 12.1 Å². The Morgan fingerprint density at radius 1 is 1.33 bits per heavy atom. The largest absolute Gasteiger partial charge is 0.462 e. The Morgan fingerprint density at radius 2 is 1.96 bits per heavy atom. The van der Waals surface area contributed by atoms with Crippen LogP contribution in [0.25, 0.3) is 0 Å². The fourth-order valence-electron chi connectivity index (χ4n) is 1.90. The number of H-pyrrole nitrogens is 1. The van der Waals surface area contributed by atoms with Crippen LogP contribution in [0, 0.1) is 4.77 Å². The molecule has 1 N–H and O–H groups in total. The van der Waals surface area contributed by atoms with Crippen molar-refractivity contribution in [1.29, 1.82) is 0 Å². The summed E-state index contributed by atoms with van der Waals surface area (Å²) in [5.41, 5.74) is -2.16. The van der Waals surface area contributed by atoms with Crippen LogP contribution in [-0.2, 0) is 22.3 Å². The van der Waals surface area contributed by atoms with Gasteiger partial charge in [-0.05, 0) is 38.4 Å². The second-order valence-corrected chi connectivity index (χ2v) is 5.71. The number of nitrogens with one attached hydrogen (secondary N) is 1. The van der Waals surface area contributed by atoms with Crippen molar-refractivity contribution in [2.45, 2.75) is 45.3 Å². The molecule has 0 spiro atoms. The van der Waals surface area contributed by atoms with Gasteiger partial charge in [-0.2, -0.15) is 13.2 Å². The van der Waals surface area contributed by atoms with Gasteiger partial charge in [-0.15, -0.1) is 0 Å². The molecule has 1 aromatic heterocycles. The smallest absolute Gasteiger partial charge is 0.423 e. The summed E-state index contributed by atoms with van der Waals surface area (Å²) in [5, 5.41) is 0. The summed E-state index contributed by atoms with van der Waals surface area (Å²) in [6, 6.07) is 0. The molecule has 0 aliphatic heterocycles. The number of halogens is 3. The van der Waals surface area contributed by atoms with Crippen LogP contribution in [0.3, 0.4) is 0 Å². The van der Waals surface area contributed by atoms with Gasteiger partial charge in [0.05, 0.1) is 6.61 Å². The third kappa shape index (κ3) is 6.31. The van der Waals surface area contributed by atoms with E-state index in [9.17, 15) is 22.8 Å². The fourth-order valence-corrected chi connectivity index (χ4v) is 2.14. The number of rotatable bonds is 8. The summed E-state index contributed by atoms with van der Waals surface area (Å²) in [6.45, 7) is 5.57. The molecule has 0 amide bonds. The van der Waals surface area contributed by atoms with Crippen molar-refractivity contribution in [1.82, 2.24) is 9.55 Å². The number of ether oxygens (including phenoxy) is 1. The summed E-state index contributed by atoms with van der Waals surface area (Å²) >= 11 is 4.87. The molecule has 0 saturated heterocycles. The minimum absolute atomic E-state index is 0.0385. The summed E-state index contributed by atoms with van der Waals surface area (Å²) in [6.07, 6.45) is -1.24. The molecular weight excluding hydrogens is 345 g/mol. The lowest BCUT2D eigenvalue weighted by Crippen LogP contribution is -2.24. The lowest BCUT2D eigenvalue weighted by molar-refractivity contribution is -0.140. The summed E-state index contributed by atoms with van der Waals surface area (Å²) in [4.78, 5) is 24.5. The van der Waals surface area contributed by atoms with Crippen LogP contribution in [0.4, 0.5) is 13.2 Å². The van der Waals surface area contributed by atoms with Crippen molar-refractivity contribution in [3.8, 4) is 0 Å². The first-order valence-electron chi connectivity index (χ1n) is 7.36. The van der Waals surface area contributed by atoms with Crippen molar-refractivity contribution >= 4 is 18.2 Å². The number of carbonyl (C=O) groups excluding carboxylic acids is 1. The molecule has 0 atom stereocenters. The number of aromatic nitrogens is 2. The van der Waals surface area contributed by atoms with E-state index in [-0.39, 0.29) is 17.9 Å². The molecule has 0 saturated carbocycles. The highest BCUT2D eigenvalue weighted by atomic mass is 32.1. The summed E-state index contributed by atoms with van der Waals surface area (Å²) in [5.74, 6) is -0.436. The first kappa shape index (κ1) is 20.1. The van der Waals surface area contributed by atoms with E-state index in [0.29, 0.717) is 18.4 Å². The highest BCUT2D eigenvalue weighted by molar-refractivity contribution is 7.71. The van der Waals surface area contributed by atoms with Crippen molar-refractivity contribution in [3.05, 3.63) is 39.0 Å². The molecule has 1 aromatic rings. The zero-order chi connectivity index (χ0) is 18.3. The van der Waals surface area contributed by atoms with E-state index in [1.165, 1.54) is 4.57 Å². The second kappa shape index (κ2) is 8.81. The Balaban J connectivity index is 2.43. The number of hydrogen-bond donors (Lipinski definition) is 1. The molecule has 1 rings (SSSR count). The minimum atomic E-state index is -4.72. The average molecular weight is 364 g/mol. The SMILES string of the molecule is C=C(C)C(=O)OCCCCCCn1cc(C(F)(F)F)c(=O)[nH]c1=S. The number of unbranched alkanes of at least 4 members (excludes halogenated alkanes) is 3. The molecule has 24 heavy (non-hydrogen) atoms. The molecule has 0 unspecified atom stereocenters. The molecule has 5 nitrogen and oxygen atoms in total. The quantitative estimate of drug-likeness (QED) is 0.331. The molecular formula is C15H19F3N2O3S. The Bertz CT molecular complexity index is 707. The normalized spacial score (nSPS) is 11.3. The molecule has 1 heterocycles. The van der Waals surface area contributed by atoms with E-state index in [0.717, 1.165) is 19.0 Å². The van der Waals surface area contributed by atoms with E-state index < -0.39 is 23.3 Å². The van der Waals surface area contributed by atoms with Crippen LogP contribution >= 0.6 is 12.2 Å². The van der Waals surface area contributed by atoms with Crippen LogP contribution in [0.1, 0.15) is 38.2 Å². The number of aromatic amines is 1. The molecule has 0 bridgehead atoms. The number of alkyl halides is 3. The zero-order valence-electron chi connectivity index (χ0n) is 13.2. The van der Waals surface area contributed by atoms with E-state index in [4.69, 9.17) is 17.0 Å². The second-order valence-electron chi connectivity index (χ2n) is 5.32. The number of aryl methyl sites for hydroxylation is 1. The van der Waals surface area contributed by atoms with Crippen LogP contribution in [0.15, 0.2) is 23.1 Å². The van der Waals surface area contributed by atoms with Gasteiger partial charge in [0.25, 0.3) is 5.56 Å². The van der Waals surface area contributed by atoms with Gasteiger partial charge < -0.3 is 9.30 Å². The van der Waals surface area contributed by atoms with Crippen molar-refractivity contribution in [3.63, 3.8) is 0 Å². The van der Waals surface area contributed by atoms with Crippen LogP contribution in [0.5, 0.6) is 0 Å². The highest BCUT2D eigenvalue weighted by Gasteiger charge is 2.34. The molecule has 0 aliphatic carbocycles. The lowest BCUT2D eigenvalue weighted by atomic mass is 10.2. The van der Waals surface area contributed by atoms with Gasteiger partial charge in [-0.3, -0.25) is 9.78 Å². The standard InChI is InChI=1S/C15H19F3N2O3S/c1-10(2)13(22)23-8-6-4-3-5-7-20-9-11(15(16,17)18)12(21)19-14(20)24/h9H,1,3-8H2,2H3,(H,19,21,24). The van der Waals surface area contributed by atoms with Gasteiger partial charge in [-0.25, -0.2) is 4.79 Å². The van der Waals surface area contributed by atoms with E-state index in [2.05, 4.69) is 6.58 Å². The van der Waals surface area contributed by atoms with Crippen molar-refractivity contribution in [2.24, 2.45) is 0 Å². The minimum Gasteiger partial charge on any atom is -0.462 e. The van der Waals surface area contributed by atoms with Gasteiger partial charge in [0, 0.05) is 18.3 Å². The topological polar surface area (TPSA) is 64.1 Å². The van der Waals surface area contributed by atoms with Gasteiger partial charge in [0.15, 0.2) is 4.77 Å². The highest BCUT2D eigenvalue weighted by Crippen LogP contribution is 2.25. The summed E-state index contributed by atoms with van der Waals surface area (Å²) < 4.78 is 44.2. The Morgan fingerprint density at radius 3 is 2.54 bits per heavy atom. The number of hydrogen-bond acceptors (Lipinski definition) is 4. The lowest BCUT2D eigenvalue weighted by Gasteiger charge is -2.11. The van der Waals surface area contributed by atoms with Crippen molar-refractivity contribution in [2.75, 3.05) is 6.61 Å². The molecule has 0 aromatic carbocycles. The monoisotopic (exact) mass is 364 g/mol. The van der Waals surface area contributed by atoms with E-state index >= 15 is 0 Å². The van der Waals surface area contributed by atoms with Crippen molar-refractivity contribution < 1.29 is 22.7 Å². The third-order valence-corrected chi connectivity index (χ3v) is 3.53. The Kier molecular flexibility index (Phi) is 7.40.